The molecule has 1 aromatic heterocycles. The third-order valence-corrected chi connectivity index (χ3v) is 5.42. The molecule has 1 N–H and O–H groups in total. The van der Waals surface area contributed by atoms with Crippen LogP contribution in [-0.4, -0.2) is 23.9 Å². The second-order valence-electron chi connectivity index (χ2n) is 5.84. The zero-order valence-corrected chi connectivity index (χ0v) is 11.8. The van der Waals surface area contributed by atoms with Crippen LogP contribution in [0.2, 0.25) is 0 Å². The maximum Gasteiger partial charge on any atom is 0.238 e. The first kappa shape index (κ1) is 12.2. The number of hydrogen-bond acceptors (Lipinski definition) is 3. The van der Waals surface area contributed by atoms with Crippen molar-refractivity contribution in [1.29, 1.82) is 0 Å². The van der Waals surface area contributed by atoms with E-state index in [0.29, 0.717) is 17.9 Å². The van der Waals surface area contributed by atoms with E-state index in [2.05, 4.69) is 41.6 Å². The fourth-order valence-corrected chi connectivity index (χ4v) is 3.65. The number of thiophene rings is 1. The lowest BCUT2D eigenvalue weighted by molar-refractivity contribution is -0.129. The first-order valence-corrected chi connectivity index (χ1v) is 7.57. The molecule has 0 radical (unpaired) electrons. The van der Waals surface area contributed by atoms with Crippen LogP contribution in [0.15, 0.2) is 17.5 Å². The second-order valence-corrected chi connectivity index (χ2v) is 6.82. The summed E-state index contributed by atoms with van der Waals surface area (Å²) in [7, 11) is 0. The highest BCUT2D eigenvalue weighted by Gasteiger charge is 2.49. The Kier molecular flexibility index (Phi) is 2.94. The van der Waals surface area contributed by atoms with Crippen molar-refractivity contribution in [1.82, 2.24) is 10.2 Å². The molecule has 0 spiro atoms. The molecule has 1 saturated carbocycles. The molecule has 1 saturated heterocycles. The van der Waals surface area contributed by atoms with Crippen molar-refractivity contribution in [3.05, 3.63) is 22.4 Å². The molecular weight excluding hydrogens is 244 g/mol. The minimum absolute atomic E-state index is 0.105. The van der Waals surface area contributed by atoms with E-state index >= 15 is 0 Å². The first-order valence-electron chi connectivity index (χ1n) is 6.69. The van der Waals surface area contributed by atoms with Gasteiger partial charge in [-0.25, -0.2) is 0 Å². The first-order chi connectivity index (χ1) is 8.62. The van der Waals surface area contributed by atoms with Crippen LogP contribution in [0.5, 0.6) is 0 Å². The molecule has 0 aromatic carbocycles. The SMILES string of the molecule is CC(C)C1(CN2C(=O)CNC2c2cccs2)CC1. The molecule has 3 rings (SSSR count). The standard InChI is InChI=1S/C14H20N2OS/c1-10(2)14(5-6-14)9-16-12(17)8-15-13(16)11-4-3-7-18-11/h3-4,7,10,13,15H,5-6,8-9H2,1-2H3. The molecule has 1 unspecified atom stereocenters. The summed E-state index contributed by atoms with van der Waals surface area (Å²) in [5.74, 6) is 0.912. The van der Waals surface area contributed by atoms with Crippen LogP contribution in [0, 0.1) is 11.3 Å². The zero-order valence-electron chi connectivity index (χ0n) is 11.0. The predicted molar refractivity (Wildman–Crippen MR) is 73.3 cm³/mol. The van der Waals surface area contributed by atoms with E-state index in [1.54, 1.807) is 11.3 Å². The topological polar surface area (TPSA) is 32.3 Å². The molecule has 1 atom stereocenters. The quantitative estimate of drug-likeness (QED) is 0.906. The van der Waals surface area contributed by atoms with Crippen LogP contribution >= 0.6 is 11.3 Å². The van der Waals surface area contributed by atoms with Crippen LogP contribution < -0.4 is 5.32 Å². The van der Waals surface area contributed by atoms with E-state index in [-0.39, 0.29) is 12.1 Å². The fraction of sp³-hybridized carbons (Fsp3) is 0.643. The van der Waals surface area contributed by atoms with Gasteiger partial charge in [0.25, 0.3) is 0 Å². The summed E-state index contributed by atoms with van der Waals surface area (Å²) in [6.07, 6.45) is 2.64. The van der Waals surface area contributed by atoms with Crippen molar-refractivity contribution in [2.24, 2.45) is 11.3 Å². The number of nitrogens with one attached hydrogen (secondary N) is 1. The number of nitrogens with zero attached hydrogens (tertiary/aromatic N) is 1. The minimum atomic E-state index is 0.105. The van der Waals surface area contributed by atoms with Gasteiger partial charge in [-0.05, 0) is 35.6 Å². The molecule has 1 aromatic rings. The Morgan fingerprint density at radius 1 is 1.56 bits per heavy atom. The summed E-state index contributed by atoms with van der Waals surface area (Å²) < 4.78 is 0. The summed E-state index contributed by atoms with van der Waals surface area (Å²) in [5, 5.41) is 5.41. The lowest BCUT2D eigenvalue weighted by Gasteiger charge is -2.30. The van der Waals surface area contributed by atoms with E-state index < -0.39 is 0 Å². The Balaban J connectivity index is 1.78. The summed E-state index contributed by atoms with van der Waals surface area (Å²) in [6.45, 7) is 5.96. The van der Waals surface area contributed by atoms with Gasteiger partial charge < -0.3 is 4.90 Å². The average molecular weight is 264 g/mol. The molecule has 1 aliphatic carbocycles. The highest BCUT2D eigenvalue weighted by molar-refractivity contribution is 7.10. The Morgan fingerprint density at radius 2 is 2.33 bits per heavy atom. The zero-order chi connectivity index (χ0) is 12.8. The molecule has 4 heteroatoms. The Labute approximate surface area is 112 Å². The van der Waals surface area contributed by atoms with Crippen molar-refractivity contribution < 1.29 is 4.79 Å². The normalized spacial score (nSPS) is 26.1. The predicted octanol–water partition coefficient (Wildman–Crippen LogP) is 2.61. The van der Waals surface area contributed by atoms with Crippen molar-refractivity contribution >= 4 is 17.2 Å². The van der Waals surface area contributed by atoms with Crippen molar-refractivity contribution in [3.8, 4) is 0 Å². The van der Waals surface area contributed by atoms with Crippen LogP contribution in [0.25, 0.3) is 0 Å². The third-order valence-electron chi connectivity index (χ3n) is 4.49. The van der Waals surface area contributed by atoms with Gasteiger partial charge in [0.2, 0.25) is 5.91 Å². The third kappa shape index (κ3) is 1.97. The number of amides is 1. The van der Waals surface area contributed by atoms with Gasteiger partial charge in [0, 0.05) is 11.4 Å². The number of carbonyl (C=O) groups is 1. The molecule has 2 heterocycles. The molecule has 1 aliphatic heterocycles. The lowest BCUT2D eigenvalue weighted by atomic mass is 9.91. The molecular formula is C14H20N2OS. The van der Waals surface area contributed by atoms with Gasteiger partial charge in [0.05, 0.1) is 6.54 Å². The molecule has 18 heavy (non-hydrogen) atoms. The summed E-state index contributed by atoms with van der Waals surface area (Å²) in [6, 6.07) is 4.17. The maximum atomic E-state index is 12.1. The molecule has 0 bridgehead atoms. The van der Waals surface area contributed by atoms with Crippen molar-refractivity contribution in [2.45, 2.75) is 32.9 Å². The van der Waals surface area contributed by atoms with Gasteiger partial charge in [0.15, 0.2) is 0 Å². The van der Waals surface area contributed by atoms with Gasteiger partial charge in [-0.2, -0.15) is 0 Å². The van der Waals surface area contributed by atoms with Crippen LogP contribution in [0.4, 0.5) is 0 Å². The monoisotopic (exact) mass is 264 g/mol. The van der Waals surface area contributed by atoms with Gasteiger partial charge >= 0.3 is 0 Å². The van der Waals surface area contributed by atoms with E-state index in [1.807, 2.05) is 0 Å². The number of rotatable bonds is 4. The smallest absolute Gasteiger partial charge is 0.238 e. The Bertz CT molecular complexity index is 437. The summed E-state index contributed by atoms with van der Waals surface area (Å²) in [5.41, 5.74) is 0.386. The fourth-order valence-electron chi connectivity index (χ4n) is 2.84. The highest BCUT2D eigenvalue weighted by atomic mass is 32.1. The van der Waals surface area contributed by atoms with Gasteiger partial charge in [-0.15, -0.1) is 11.3 Å². The van der Waals surface area contributed by atoms with E-state index in [0.717, 1.165) is 6.54 Å². The Hall–Kier alpha value is -0.870. The van der Waals surface area contributed by atoms with Gasteiger partial charge in [-0.1, -0.05) is 19.9 Å². The Morgan fingerprint density at radius 3 is 2.89 bits per heavy atom. The number of hydrogen-bond donors (Lipinski definition) is 1. The lowest BCUT2D eigenvalue weighted by Crippen LogP contribution is -2.36. The van der Waals surface area contributed by atoms with Crippen molar-refractivity contribution in [2.75, 3.05) is 13.1 Å². The molecule has 2 fully saturated rings. The van der Waals surface area contributed by atoms with Gasteiger partial charge in [0.1, 0.15) is 6.17 Å². The van der Waals surface area contributed by atoms with E-state index in [1.165, 1.54) is 17.7 Å². The van der Waals surface area contributed by atoms with Gasteiger partial charge in [-0.3, -0.25) is 10.1 Å². The second kappa shape index (κ2) is 4.35. The minimum Gasteiger partial charge on any atom is -0.320 e. The summed E-state index contributed by atoms with van der Waals surface area (Å²) in [4.78, 5) is 15.4. The molecule has 1 amide bonds. The maximum absolute atomic E-state index is 12.1. The molecule has 3 nitrogen and oxygen atoms in total. The van der Waals surface area contributed by atoms with Crippen LogP contribution in [0.1, 0.15) is 37.7 Å². The van der Waals surface area contributed by atoms with Crippen LogP contribution in [0.3, 0.4) is 0 Å². The van der Waals surface area contributed by atoms with Crippen molar-refractivity contribution in [3.63, 3.8) is 0 Å². The average Bonchev–Trinajstić information content (AvgIpc) is 2.77. The van der Waals surface area contributed by atoms with E-state index in [4.69, 9.17) is 0 Å². The molecule has 2 aliphatic rings. The van der Waals surface area contributed by atoms with Crippen LogP contribution in [-0.2, 0) is 4.79 Å². The number of carbonyl (C=O) groups excluding carboxylic acids is 1. The molecule has 98 valence electrons. The largest absolute Gasteiger partial charge is 0.320 e. The van der Waals surface area contributed by atoms with E-state index in [9.17, 15) is 4.79 Å². The summed E-state index contributed by atoms with van der Waals surface area (Å²) >= 11 is 1.72. The highest BCUT2D eigenvalue weighted by Crippen LogP contribution is 2.53.